The molecule has 1 rings (SSSR count). The molecular formula is C12H17N3O2S. The van der Waals surface area contributed by atoms with Crippen LogP contribution in [0.25, 0.3) is 0 Å². The maximum Gasteiger partial charge on any atom is 0.252 e. The molecule has 0 aliphatic rings. The lowest BCUT2D eigenvalue weighted by Crippen LogP contribution is -2.28. The van der Waals surface area contributed by atoms with Crippen molar-refractivity contribution in [3.05, 3.63) is 30.1 Å². The van der Waals surface area contributed by atoms with Gasteiger partial charge in [0.15, 0.2) is 0 Å². The van der Waals surface area contributed by atoms with Gasteiger partial charge in [0.25, 0.3) is 5.91 Å². The van der Waals surface area contributed by atoms with Gasteiger partial charge in [-0.25, -0.2) is 0 Å². The van der Waals surface area contributed by atoms with Gasteiger partial charge in [0.05, 0.1) is 5.56 Å². The molecule has 1 aromatic heterocycles. The van der Waals surface area contributed by atoms with Crippen molar-refractivity contribution in [3.63, 3.8) is 0 Å². The number of aromatic nitrogens is 1. The second-order valence-electron chi connectivity index (χ2n) is 3.67. The van der Waals surface area contributed by atoms with E-state index in [0.717, 1.165) is 0 Å². The second kappa shape index (κ2) is 8.52. The van der Waals surface area contributed by atoms with Crippen LogP contribution < -0.4 is 10.6 Å². The van der Waals surface area contributed by atoms with E-state index in [-0.39, 0.29) is 11.8 Å². The number of carbonyl (C=O) groups excluding carboxylic acids is 2. The predicted octanol–water partition coefficient (Wildman–Crippen LogP) is 0.638. The molecule has 2 N–H and O–H groups in total. The predicted molar refractivity (Wildman–Crippen MR) is 72.7 cm³/mol. The monoisotopic (exact) mass is 267 g/mol. The molecule has 0 aliphatic carbocycles. The largest absolute Gasteiger partial charge is 0.355 e. The summed E-state index contributed by atoms with van der Waals surface area (Å²) in [5, 5.41) is 5.45. The van der Waals surface area contributed by atoms with Crippen LogP contribution in [0.5, 0.6) is 0 Å². The molecule has 1 heterocycles. The van der Waals surface area contributed by atoms with Gasteiger partial charge in [-0.3, -0.25) is 14.6 Å². The molecule has 18 heavy (non-hydrogen) atoms. The van der Waals surface area contributed by atoms with Crippen LogP contribution in [-0.4, -0.2) is 35.6 Å². The summed E-state index contributed by atoms with van der Waals surface area (Å²) in [4.78, 5) is 26.7. The minimum atomic E-state index is -0.168. The van der Waals surface area contributed by atoms with E-state index in [1.165, 1.54) is 6.20 Å². The summed E-state index contributed by atoms with van der Waals surface area (Å²) in [5.41, 5.74) is 0.525. The Bertz CT molecular complexity index is 384. The molecule has 0 spiro atoms. The zero-order valence-corrected chi connectivity index (χ0v) is 11.0. The first-order chi connectivity index (χ1) is 8.74. The molecule has 0 bridgehead atoms. The Morgan fingerprint density at radius 2 is 2.11 bits per heavy atom. The van der Waals surface area contributed by atoms with Crippen molar-refractivity contribution in [2.45, 2.75) is 12.8 Å². The van der Waals surface area contributed by atoms with Crippen molar-refractivity contribution in [2.24, 2.45) is 0 Å². The third-order valence-electron chi connectivity index (χ3n) is 2.22. The molecule has 5 nitrogen and oxygen atoms in total. The zero-order chi connectivity index (χ0) is 13.2. The molecule has 2 amide bonds. The van der Waals surface area contributed by atoms with Crippen molar-refractivity contribution < 1.29 is 9.59 Å². The quantitative estimate of drug-likeness (QED) is 0.501. The van der Waals surface area contributed by atoms with Crippen molar-refractivity contribution in [1.82, 2.24) is 15.6 Å². The molecule has 6 heteroatoms. The van der Waals surface area contributed by atoms with Crippen molar-refractivity contribution in [3.8, 4) is 0 Å². The highest BCUT2D eigenvalue weighted by Crippen LogP contribution is 1.95. The molecule has 0 fully saturated rings. The van der Waals surface area contributed by atoms with Gasteiger partial charge in [-0.05, 0) is 18.6 Å². The fourth-order valence-corrected chi connectivity index (χ4v) is 1.45. The highest BCUT2D eigenvalue weighted by Gasteiger charge is 2.04. The van der Waals surface area contributed by atoms with E-state index in [0.29, 0.717) is 37.2 Å². The van der Waals surface area contributed by atoms with Gasteiger partial charge in [0, 0.05) is 37.7 Å². The standard InChI is InChI=1S/C12H17N3O2S/c16-11(14-7-8-18)4-2-6-15-12(17)10-3-1-5-13-9-10/h1,3,5,9,18H,2,4,6-8H2,(H,14,16)(H,15,17). The summed E-state index contributed by atoms with van der Waals surface area (Å²) < 4.78 is 0. The topological polar surface area (TPSA) is 71.1 Å². The molecule has 0 saturated heterocycles. The number of pyridine rings is 1. The van der Waals surface area contributed by atoms with Crippen LogP contribution in [0.15, 0.2) is 24.5 Å². The van der Waals surface area contributed by atoms with Crippen LogP contribution >= 0.6 is 12.6 Å². The SMILES string of the molecule is O=C(CCCNC(=O)c1cccnc1)NCCS. The molecule has 98 valence electrons. The number of rotatable bonds is 7. The van der Waals surface area contributed by atoms with Crippen LogP contribution in [0.2, 0.25) is 0 Å². The van der Waals surface area contributed by atoms with Gasteiger partial charge in [0.2, 0.25) is 5.91 Å². The lowest BCUT2D eigenvalue weighted by Gasteiger charge is -2.05. The number of nitrogens with one attached hydrogen (secondary N) is 2. The van der Waals surface area contributed by atoms with Crippen molar-refractivity contribution in [1.29, 1.82) is 0 Å². The van der Waals surface area contributed by atoms with E-state index < -0.39 is 0 Å². The summed E-state index contributed by atoms with van der Waals surface area (Å²) in [5.74, 6) is 0.447. The molecule has 0 atom stereocenters. The van der Waals surface area contributed by atoms with Crippen molar-refractivity contribution >= 4 is 24.4 Å². The number of hydrogen-bond donors (Lipinski definition) is 3. The Labute approximate surface area is 112 Å². The first-order valence-electron chi connectivity index (χ1n) is 5.80. The Balaban J connectivity index is 2.15. The number of hydrogen-bond acceptors (Lipinski definition) is 4. The van der Waals surface area contributed by atoms with Crippen LogP contribution in [0, 0.1) is 0 Å². The average Bonchev–Trinajstić information content (AvgIpc) is 2.42. The maximum atomic E-state index is 11.6. The van der Waals surface area contributed by atoms with E-state index in [4.69, 9.17) is 0 Å². The summed E-state index contributed by atoms with van der Waals surface area (Å²) in [6.45, 7) is 1.05. The van der Waals surface area contributed by atoms with Gasteiger partial charge in [-0.1, -0.05) is 0 Å². The molecule has 0 aromatic carbocycles. The lowest BCUT2D eigenvalue weighted by atomic mass is 10.2. The molecule has 0 aliphatic heterocycles. The summed E-state index contributed by atoms with van der Waals surface area (Å²) in [6.07, 6.45) is 4.14. The Morgan fingerprint density at radius 1 is 1.28 bits per heavy atom. The summed E-state index contributed by atoms with van der Waals surface area (Å²) in [7, 11) is 0. The first kappa shape index (κ1) is 14.5. The molecule has 0 unspecified atom stereocenters. The fourth-order valence-electron chi connectivity index (χ4n) is 1.33. The fraction of sp³-hybridized carbons (Fsp3) is 0.417. The Morgan fingerprint density at radius 3 is 2.78 bits per heavy atom. The highest BCUT2D eigenvalue weighted by molar-refractivity contribution is 7.80. The first-order valence-corrected chi connectivity index (χ1v) is 6.43. The van der Waals surface area contributed by atoms with E-state index in [2.05, 4.69) is 28.2 Å². The number of thiol groups is 1. The normalized spacial score (nSPS) is 9.83. The molecule has 1 aromatic rings. The maximum absolute atomic E-state index is 11.6. The number of amides is 2. The van der Waals surface area contributed by atoms with Gasteiger partial charge in [-0.15, -0.1) is 0 Å². The van der Waals surface area contributed by atoms with Crippen LogP contribution in [-0.2, 0) is 4.79 Å². The van der Waals surface area contributed by atoms with Crippen LogP contribution in [0.4, 0.5) is 0 Å². The van der Waals surface area contributed by atoms with Gasteiger partial charge >= 0.3 is 0 Å². The minimum absolute atomic E-state index is 0.0142. The van der Waals surface area contributed by atoms with E-state index in [1.54, 1.807) is 18.3 Å². The third kappa shape index (κ3) is 5.67. The van der Waals surface area contributed by atoms with Gasteiger partial charge < -0.3 is 10.6 Å². The summed E-state index contributed by atoms with van der Waals surface area (Å²) >= 11 is 3.99. The number of nitrogens with zero attached hydrogens (tertiary/aromatic N) is 1. The minimum Gasteiger partial charge on any atom is -0.355 e. The smallest absolute Gasteiger partial charge is 0.252 e. The average molecular weight is 267 g/mol. The Kier molecular flexibility index (Phi) is 6.86. The Hall–Kier alpha value is -1.56. The summed E-state index contributed by atoms with van der Waals surface area (Å²) in [6, 6.07) is 3.40. The van der Waals surface area contributed by atoms with Gasteiger partial charge in [-0.2, -0.15) is 12.6 Å². The second-order valence-corrected chi connectivity index (χ2v) is 4.12. The molecular weight excluding hydrogens is 250 g/mol. The zero-order valence-electron chi connectivity index (χ0n) is 10.1. The van der Waals surface area contributed by atoms with Crippen LogP contribution in [0.3, 0.4) is 0 Å². The van der Waals surface area contributed by atoms with E-state index in [9.17, 15) is 9.59 Å². The number of carbonyl (C=O) groups is 2. The van der Waals surface area contributed by atoms with E-state index in [1.807, 2.05) is 0 Å². The highest BCUT2D eigenvalue weighted by atomic mass is 32.1. The lowest BCUT2D eigenvalue weighted by molar-refractivity contribution is -0.121. The third-order valence-corrected chi connectivity index (χ3v) is 2.45. The molecule has 0 radical (unpaired) electrons. The van der Waals surface area contributed by atoms with Crippen molar-refractivity contribution in [2.75, 3.05) is 18.8 Å². The van der Waals surface area contributed by atoms with Gasteiger partial charge in [0.1, 0.15) is 0 Å². The van der Waals surface area contributed by atoms with E-state index >= 15 is 0 Å². The van der Waals surface area contributed by atoms with Crippen LogP contribution in [0.1, 0.15) is 23.2 Å². The molecule has 0 saturated carbocycles.